The van der Waals surface area contributed by atoms with Gasteiger partial charge in [-0.2, -0.15) is 0 Å². The van der Waals surface area contributed by atoms with Crippen LogP contribution in [0.15, 0.2) is 29.2 Å². The lowest BCUT2D eigenvalue weighted by Crippen LogP contribution is -2.35. The number of amides is 1. The van der Waals surface area contributed by atoms with Crippen LogP contribution >= 0.6 is 11.6 Å². The molecule has 1 aromatic carbocycles. The molecule has 0 aromatic heterocycles. The van der Waals surface area contributed by atoms with Gasteiger partial charge in [0.2, 0.25) is 5.91 Å². The van der Waals surface area contributed by atoms with E-state index in [1.54, 1.807) is 12.1 Å². The average Bonchev–Trinajstić information content (AvgIpc) is 3.21. The molecule has 0 bridgehead atoms. The third-order valence-corrected chi connectivity index (χ3v) is 6.93. The molecule has 2 N–H and O–H groups in total. The van der Waals surface area contributed by atoms with Crippen LogP contribution < -0.4 is 10.6 Å². The normalized spacial score (nSPS) is 22.7. The zero-order valence-corrected chi connectivity index (χ0v) is 14.4. The Labute approximate surface area is 141 Å². The van der Waals surface area contributed by atoms with Gasteiger partial charge in [0, 0.05) is 17.5 Å². The van der Waals surface area contributed by atoms with Gasteiger partial charge < -0.3 is 10.6 Å². The van der Waals surface area contributed by atoms with E-state index in [0.29, 0.717) is 5.02 Å². The Morgan fingerprint density at radius 1 is 1.26 bits per heavy atom. The highest BCUT2D eigenvalue weighted by atomic mass is 35.5. The Balaban J connectivity index is 1.49. The smallest absolute Gasteiger partial charge is 0.223 e. The zero-order valence-electron chi connectivity index (χ0n) is 12.8. The van der Waals surface area contributed by atoms with Crippen LogP contribution in [0.1, 0.15) is 19.3 Å². The van der Waals surface area contributed by atoms with Crippen molar-refractivity contribution in [1.29, 1.82) is 0 Å². The highest BCUT2D eigenvalue weighted by Crippen LogP contribution is 2.58. The molecule has 126 valence electrons. The number of hydrogen-bond donors (Lipinski definition) is 2. The minimum atomic E-state index is -3.39. The van der Waals surface area contributed by atoms with Crippen LogP contribution in [0, 0.1) is 11.3 Å². The lowest BCUT2D eigenvalue weighted by Gasteiger charge is -2.23. The Bertz CT molecular complexity index is 682. The first-order valence-electron chi connectivity index (χ1n) is 7.90. The zero-order chi connectivity index (χ0) is 16.5. The maximum absolute atomic E-state index is 12.2. The van der Waals surface area contributed by atoms with Gasteiger partial charge in [0.1, 0.15) is 0 Å². The molecule has 1 aliphatic carbocycles. The van der Waals surface area contributed by atoms with Crippen molar-refractivity contribution in [3.05, 3.63) is 29.3 Å². The third-order valence-electron chi connectivity index (χ3n) is 4.95. The van der Waals surface area contributed by atoms with Gasteiger partial charge in [0.15, 0.2) is 9.84 Å². The quantitative estimate of drug-likeness (QED) is 0.840. The summed E-state index contributed by atoms with van der Waals surface area (Å²) < 4.78 is 24.4. The second-order valence-corrected chi connectivity index (χ2v) is 8.98. The predicted octanol–water partition coefficient (Wildman–Crippen LogP) is 1.62. The molecule has 2 fully saturated rings. The van der Waals surface area contributed by atoms with E-state index in [0.717, 1.165) is 32.4 Å². The van der Waals surface area contributed by atoms with Crippen LogP contribution in [0.5, 0.6) is 0 Å². The third kappa shape index (κ3) is 3.70. The summed E-state index contributed by atoms with van der Waals surface area (Å²) in [4.78, 5) is 12.4. The van der Waals surface area contributed by atoms with Gasteiger partial charge >= 0.3 is 0 Å². The summed E-state index contributed by atoms with van der Waals surface area (Å²) in [6, 6.07) is 6.09. The second kappa shape index (κ2) is 6.42. The fraction of sp³-hybridized carbons (Fsp3) is 0.562. The van der Waals surface area contributed by atoms with Crippen LogP contribution in [-0.4, -0.2) is 39.7 Å². The average molecular weight is 357 g/mol. The minimum Gasteiger partial charge on any atom is -0.355 e. The van der Waals surface area contributed by atoms with Gasteiger partial charge in [-0.1, -0.05) is 11.6 Å². The Morgan fingerprint density at radius 2 is 1.91 bits per heavy atom. The molecule has 1 saturated carbocycles. The van der Waals surface area contributed by atoms with Crippen molar-refractivity contribution < 1.29 is 13.2 Å². The summed E-state index contributed by atoms with van der Waals surface area (Å²) in [5.74, 6) is -0.0391. The molecule has 1 heterocycles. The highest BCUT2D eigenvalue weighted by molar-refractivity contribution is 7.91. The van der Waals surface area contributed by atoms with Crippen molar-refractivity contribution in [2.24, 2.45) is 11.3 Å². The van der Waals surface area contributed by atoms with Crippen LogP contribution in [0.4, 0.5) is 0 Å². The van der Waals surface area contributed by atoms with E-state index in [9.17, 15) is 13.2 Å². The number of nitrogens with one attached hydrogen (secondary N) is 2. The molecule has 1 spiro atoms. The summed E-state index contributed by atoms with van der Waals surface area (Å²) in [6.45, 7) is 2.08. The van der Waals surface area contributed by atoms with E-state index in [2.05, 4.69) is 10.6 Å². The number of carbonyl (C=O) groups excluding carboxylic acids is 1. The van der Waals surface area contributed by atoms with E-state index in [1.165, 1.54) is 12.1 Å². The van der Waals surface area contributed by atoms with Crippen molar-refractivity contribution in [2.75, 3.05) is 25.4 Å². The number of hydrogen-bond acceptors (Lipinski definition) is 4. The molecule has 1 unspecified atom stereocenters. The highest BCUT2D eigenvalue weighted by Gasteiger charge is 2.57. The van der Waals surface area contributed by atoms with Gasteiger partial charge in [-0.3, -0.25) is 4.79 Å². The van der Waals surface area contributed by atoms with Crippen LogP contribution in [-0.2, 0) is 14.6 Å². The monoisotopic (exact) mass is 356 g/mol. The van der Waals surface area contributed by atoms with Gasteiger partial charge in [0.25, 0.3) is 0 Å². The summed E-state index contributed by atoms with van der Waals surface area (Å²) in [6.07, 6.45) is 3.01. The molecule has 2 aliphatic rings. The first-order chi connectivity index (χ1) is 10.9. The van der Waals surface area contributed by atoms with E-state index >= 15 is 0 Å². The van der Waals surface area contributed by atoms with Crippen molar-refractivity contribution in [3.8, 4) is 0 Å². The molecule has 23 heavy (non-hydrogen) atoms. The first-order valence-corrected chi connectivity index (χ1v) is 9.93. The van der Waals surface area contributed by atoms with Crippen molar-refractivity contribution in [3.63, 3.8) is 0 Å². The number of halogens is 1. The number of rotatable bonds is 5. The number of carbonyl (C=O) groups is 1. The SMILES string of the molecule is O=C(NCCS(=O)(=O)c1ccc(Cl)cc1)C1CC12CCNCC2. The molecule has 7 heteroatoms. The predicted molar refractivity (Wildman–Crippen MR) is 89.2 cm³/mol. The van der Waals surface area contributed by atoms with Crippen LogP contribution in [0.2, 0.25) is 5.02 Å². The Kier molecular flexibility index (Phi) is 4.67. The molecule has 3 rings (SSSR count). The molecule has 0 radical (unpaired) electrons. The molecule has 1 aromatic rings. The van der Waals surface area contributed by atoms with Crippen molar-refractivity contribution in [2.45, 2.75) is 24.2 Å². The largest absolute Gasteiger partial charge is 0.355 e. The van der Waals surface area contributed by atoms with Gasteiger partial charge in [-0.25, -0.2) is 8.42 Å². The Morgan fingerprint density at radius 3 is 2.57 bits per heavy atom. The van der Waals surface area contributed by atoms with E-state index in [1.807, 2.05) is 0 Å². The van der Waals surface area contributed by atoms with Crippen molar-refractivity contribution in [1.82, 2.24) is 10.6 Å². The van der Waals surface area contributed by atoms with Crippen LogP contribution in [0.3, 0.4) is 0 Å². The van der Waals surface area contributed by atoms with Crippen LogP contribution in [0.25, 0.3) is 0 Å². The molecule has 1 aliphatic heterocycles. The second-order valence-electron chi connectivity index (χ2n) is 6.43. The Hall–Kier alpha value is -1.11. The maximum atomic E-state index is 12.2. The van der Waals surface area contributed by atoms with Crippen molar-refractivity contribution >= 4 is 27.3 Å². The molecule has 1 atom stereocenters. The number of sulfone groups is 1. The first kappa shape index (κ1) is 16.7. The van der Waals surface area contributed by atoms with E-state index in [4.69, 9.17) is 11.6 Å². The molecule has 1 amide bonds. The fourth-order valence-electron chi connectivity index (χ4n) is 3.39. The number of benzene rings is 1. The molecular formula is C16H21ClN2O3S. The molecular weight excluding hydrogens is 336 g/mol. The lowest BCUT2D eigenvalue weighted by molar-refractivity contribution is -0.123. The summed E-state index contributed by atoms with van der Waals surface area (Å²) in [7, 11) is -3.39. The fourth-order valence-corrected chi connectivity index (χ4v) is 4.67. The van der Waals surface area contributed by atoms with E-state index < -0.39 is 9.84 Å². The summed E-state index contributed by atoms with van der Waals surface area (Å²) >= 11 is 5.76. The van der Waals surface area contributed by atoms with E-state index in [-0.39, 0.29) is 34.4 Å². The van der Waals surface area contributed by atoms with Gasteiger partial charge in [0.05, 0.1) is 10.6 Å². The summed E-state index contributed by atoms with van der Waals surface area (Å²) in [5.41, 5.74) is 0.171. The van der Waals surface area contributed by atoms with Gasteiger partial charge in [-0.05, 0) is 62.0 Å². The molecule has 1 saturated heterocycles. The molecule has 5 nitrogen and oxygen atoms in total. The topological polar surface area (TPSA) is 75.3 Å². The lowest BCUT2D eigenvalue weighted by atomic mass is 9.92. The maximum Gasteiger partial charge on any atom is 0.223 e. The minimum absolute atomic E-state index is 0.00166. The summed E-state index contributed by atoms with van der Waals surface area (Å²) in [5, 5.41) is 6.59. The number of piperidine rings is 1. The standard InChI is InChI=1S/C16H21ClN2O3S/c17-12-1-3-13(4-2-12)23(21,22)10-9-19-15(20)14-11-16(14)5-7-18-8-6-16/h1-4,14,18H,5-11H2,(H,19,20). The van der Waals surface area contributed by atoms with Gasteiger partial charge in [-0.15, -0.1) is 0 Å².